The molecule has 0 saturated carbocycles. The molecule has 4 heteroatoms. The summed E-state index contributed by atoms with van der Waals surface area (Å²) in [6.07, 6.45) is 0. The monoisotopic (exact) mass is 302 g/mol. The van der Waals surface area contributed by atoms with Crippen molar-refractivity contribution in [1.29, 1.82) is 0 Å². The molecule has 1 atom stereocenters. The SMILES string of the molecule is Cc1cc(C)c(CS(=O)c2ccc(C(=O)O)cc2)c(C)c1. The Labute approximate surface area is 127 Å². The van der Waals surface area contributed by atoms with Gasteiger partial charge < -0.3 is 5.11 Å². The van der Waals surface area contributed by atoms with E-state index in [4.69, 9.17) is 5.11 Å². The lowest BCUT2D eigenvalue weighted by Crippen LogP contribution is -2.02. The summed E-state index contributed by atoms with van der Waals surface area (Å²) >= 11 is 0. The van der Waals surface area contributed by atoms with Crippen molar-refractivity contribution in [1.82, 2.24) is 0 Å². The molecular formula is C17H18O3S. The molecule has 0 aliphatic heterocycles. The third kappa shape index (κ3) is 3.58. The van der Waals surface area contributed by atoms with Crippen molar-refractivity contribution >= 4 is 16.8 Å². The predicted molar refractivity (Wildman–Crippen MR) is 84.2 cm³/mol. The molecule has 0 aliphatic rings. The Morgan fingerprint density at radius 3 is 2.05 bits per heavy atom. The number of aryl methyl sites for hydroxylation is 3. The largest absolute Gasteiger partial charge is 0.478 e. The first-order valence-electron chi connectivity index (χ1n) is 6.67. The molecule has 0 heterocycles. The van der Waals surface area contributed by atoms with Crippen molar-refractivity contribution in [2.24, 2.45) is 0 Å². The van der Waals surface area contributed by atoms with Gasteiger partial charge in [-0.05, 0) is 61.7 Å². The molecule has 0 spiro atoms. The van der Waals surface area contributed by atoms with Crippen LogP contribution in [0.3, 0.4) is 0 Å². The summed E-state index contributed by atoms with van der Waals surface area (Å²) in [6, 6.07) is 10.4. The molecule has 21 heavy (non-hydrogen) atoms. The standard InChI is InChI=1S/C17H18O3S/c1-11-8-12(2)16(13(3)9-11)10-21(20)15-6-4-14(5-7-15)17(18)19/h4-9H,10H2,1-3H3,(H,18,19). The summed E-state index contributed by atoms with van der Waals surface area (Å²) in [4.78, 5) is 11.5. The van der Waals surface area contributed by atoms with E-state index >= 15 is 0 Å². The lowest BCUT2D eigenvalue weighted by Gasteiger charge is -2.11. The second kappa shape index (κ2) is 6.22. The van der Waals surface area contributed by atoms with E-state index in [-0.39, 0.29) is 5.56 Å². The van der Waals surface area contributed by atoms with E-state index in [2.05, 4.69) is 12.1 Å². The van der Waals surface area contributed by atoms with E-state index in [9.17, 15) is 9.00 Å². The normalized spacial score (nSPS) is 12.1. The first kappa shape index (κ1) is 15.4. The number of hydrogen-bond acceptors (Lipinski definition) is 2. The smallest absolute Gasteiger partial charge is 0.335 e. The Hall–Kier alpha value is -1.94. The van der Waals surface area contributed by atoms with Crippen LogP contribution >= 0.6 is 0 Å². The Kier molecular flexibility index (Phi) is 4.58. The number of carbonyl (C=O) groups is 1. The summed E-state index contributed by atoms with van der Waals surface area (Å²) in [6.45, 7) is 6.10. The van der Waals surface area contributed by atoms with Crippen LogP contribution in [0.4, 0.5) is 0 Å². The zero-order valence-electron chi connectivity index (χ0n) is 12.3. The fraction of sp³-hybridized carbons (Fsp3) is 0.235. The highest BCUT2D eigenvalue weighted by atomic mass is 32.2. The minimum absolute atomic E-state index is 0.207. The van der Waals surface area contributed by atoms with Crippen LogP contribution in [-0.4, -0.2) is 15.3 Å². The Balaban J connectivity index is 2.24. The highest BCUT2D eigenvalue weighted by Crippen LogP contribution is 2.21. The highest BCUT2D eigenvalue weighted by molar-refractivity contribution is 7.84. The van der Waals surface area contributed by atoms with Gasteiger partial charge in [0.25, 0.3) is 0 Å². The molecule has 0 radical (unpaired) electrons. The van der Waals surface area contributed by atoms with Crippen LogP contribution in [0, 0.1) is 20.8 Å². The Morgan fingerprint density at radius 2 is 1.57 bits per heavy atom. The quantitative estimate of drug-likeness (QED) is 0.938. The average Bonchev–Trinajstić information content (AvgIpc) is 2.42. The van der Waals surface area contributed by atoms with Crippen LogP contribution in [0.2, 0.25) is 0 Å². The first-order chi connectivity index (χ1) is 9.88. The average molecular weight is 302 g/mol. The summed E-state index contributed by atoms with van der Waals surface area (Å²) in [5.41, 5.74) is 4.79. The molecule has 2 aromatic rings. The van der Waals surface area contributed by atoms with Crippen LogP contribution in [-0.2, 0) is 16.6 Å². The molecule has 0 aromatic heterocycles. The van der Waals surface area contributed by atoms with Gasteiger partial charge in [-0.2, -0.15) is 0 Å². The molecule has 2 aromatic carbocycles. The van der Waals surface area contributed by atoms with Crippen molar-refractivity contribution in [2.75, 3.05) is 0 Å². The lowest BCUT2D eigenvalue weighted by molar-refractivity contribution is 0.0697. The molecule has 110 valence electrons. The number of carboxylic acids is 1. The zero-order chi connectivity index (χ0) is 15.6. The van der Waals surface area contributed by atoms with Crippen LogP contribution in [0.5, 0.6) is 0 Å². The summed E-state index contributed by atoms with van der Waals surface area (Å²) < 4.78 is 12.4. The van der Waals surface area contributed by atoms with Gasteiger partial charge in [0.05, 0.1) is 22.1 Å². The van der Waals surface area contributed by atoms with Gasteiger partial charge in [-0.25, -0.2) is 4.79 Å². The lowest BCUT2D eigenvalue weighted by atomic mass is 10.0. The van der Waals surface area contributed by atoms with E-state index in [0.29, 0.717) is 10.6 Å². The third-order valence-corrected chi connectivity index (χ3v) is 4.83. The molecule has 3 nitrogen and oxygen atoms in total. The highest BCUT2D eigenvalue weighted by Gasteiger charge is 2.11. The van der Waals surface area contributed by atoms with E-state index in [1.165, 1.54) is 17.7 Å². The Bertz CT molecular complexity index is 679. The number of hydrogen-bond donors (Lipinski definition) is 1. The maximum absolute atomic E-state index is 12.4. The van der Waals surface area contributed by atoms with Crippen LogP contribution in [0.25, 0.3) is 0 Å². The predicted octanol–water partition coefficient (Wildman–Crippen LogP) is 3.62. The molecule has 0 amide bonds. The van der Waals surface area contributed by atoms with E-state index in [1.807, 2.05) is 20.8 Å². The zero-order valence-corrected chi connectivity index (χ0v) is 13.2. The van der Waals surface area contributed by atoms with Crippen molar-refractivity contribution in [2.45, 2.75) is 31.4 Å². The minimum atomic E-state index is -1.18. The van der Waals surface area contributed by atoms with Crippen LogP contribution in [0.1, 0.15) is 32.6 Å². The van der Waals surface area contributed by atoms with Gasteiger partial charge in [0.2, 0.25) is 0 Å². The van der Waals surface area contributed by atoms with Gasteiger partial charge >= 0.3 is 5.97 Å². The van der Waals surface area contributed by atoms with Crippen molar-refractivity contribution in [3.8, 4) is 0 Å². The van der Waals surface area contributed by atoms with Gasteiger partial charge in [0, 0.05) is 4.90 Å². The van der Waals surface area contributed by atoms with Gasteiger partial charge in [-0.1, -0.05) is 17.7 Å². The molecule has 1 N–H and O–H groups in total. The van der Waals surface area contributed by atoms with Gasteiger partial charge in [0.1, 0.15) is 0 Å². The number of carboxylic acid groups (broad SMARTS) is 1. The number of benzene rings is 2. The molecule has 0 fully saturated rings. The maximum Gasteiger partial charge on any atom is 0.335 e. The summed E-state index contributed by atoms with van der Waals surface area (Å²) in [5, 5.41) is 8.87. The number of aromatic carboxylic acids is 1. The van der Waals surface area contributed by atoms with Crippen molar-refractivity contribution in [3.63, 3.8) is 0 Å². The Morgan fingerprint density at radius 1 is 1.05 bits per heavy atom. The fourth-order valence-electron chi connectivity index (χ4n) is 2.40. The van der Waals surface area contributed by atoms with Gasteiger partial charge in [0.15, 0.2) is 0 Å². The second-order valence-electron chi connectivity index (χ2n) is 5.20. The third-order valence-electron chi connectivity index (χ3n) is 3.48. The summed E-state index contributed by atoms with van der Waals surface area (Å²) in [7, 11) is -1.18. The molecular weight excluding hydrogens is 284 g/mol. The van der Waals surface area contributed by atoms with E-state index < -0.39 is 16.8 Å². The molecule has 0 aliphatic carbocycles. The van der Waals surface area contributed by atoms with Crippen molar-refractivity contribution < 1.29 is 14.1 Å². The van der Waals surface area contributed by atoms with E-state index in [1.54, 1.807) is 12.1 Å². The van der Waals surface area contributed by atoms with Gasteiger partial charge in [-0.15, -0.1) is 0 Å². The van der Waals surface area contributed by atoms with Crippen LogP contribution in [0.15, 0.2) is 41.3 Å². The van der Waals surface area contributed by atoms with E-state index in [0.717, 1.165) is 16.7 Å². The van der Waals surface area contributed by atoms with Crippen molar-refractivity contribution in [3.05, 3.63) is 64.2 Å². The maximum atomic E-state index is 12.4. The van der Waals surface area contributed by atoms with Gasteiger partial charge in [-0.3, -0.25) is 4.21 Å². The fourth-order valence-corrected chi connectivity index (χ4v) is 3.73. The summed E-state index contributed by atoms with van der Waals surface area (Å²) in [5.74, 6) is -0.526. The minimum Gasteiger partial charge on any atom is -0.478 e. The topological polar surface area (TPSA) is 54.4 Å². The molecule has 2 rings (SSSR count). The molecule has 0 bridgehead atoms. The second-order valence-corrected chi connectivity index (χ2v) is 6.65. The molecule has 0 saturated heterocycles. The molecule has 1 unspecified atom stereocenters. The first-order valence-corrected chi connectivity index (χ1v) is 7.99. The van der Waals surface area contributed by atoms with Crippen LogP contribution < -0.4 is 0 Å². The number of rotatable bonds is 4.